The lowest BCUT2D eigenvalue weighted by atomic mass is 10.2. The minimum Gasteiger partial charge on any atom is -0.493 e. The van der Waals surface area contributed by atoms with E-state index in [4.69, 9.17) is 44.3 Å². The van der Waals surface area contributed by atoms with Crippen LogP contribution >= 0.6 is 34.8 Å². The first-order valence-corrected chi connectivity index (χ1v) is 9.35. The molecule has 0 saturated heterocycles. The topological polar surface area (TPSA) is 55.7 Å². The van der Waals surface area contributed by atoms with Crippen molar-refractivity contribution >= 4 is 46.8 Å². The van der Waals surface area contributed by atoms with Gasteiger partial charge in [0.2, 0.25) is 0 Å². The molecule has 0 bridgehead atoms. The molecule has 0 aliphatic rings. The largest absolute Gasteiger partial charge is 0.493 e. The van der Waals surface area contributed by atoms with Crippen LogP contribution in [0.1, 0.15) is 11.1 Å². The third-order valence-corrected chi connectivity index (χ3v) is 4.95. The predicted molar refractivity (Wildman–Crippen MR) is 114 cm³/mol. The fourth-order valence-electron chi connectivity index (χ4n) is 2.34. The van der Waals surface area contributed by atoms with Gasteiger partial charge >= 0.3 is 0 Å². The molecule has 3 aromatic rings. The molecule has 144 valence electrons. The molecule has 5 nitrogen and oxygen atoms in total. The molecule has 1 N–H and O–H groups in total. The molecular formula is C20H16Cl3N3O2. The molecule has 0 aliphatic heterocycles. The Hall–Kier alpha value is -2.47. The minimum atomic E-state index is 0.156. The zero-order valence-electron chi connectivity index (χ0n) is 14.8. The Kier molecular flexibility index (Phi) is 6.98. The number of hydrogen-bond acceptors (Lipinski definition) is 5. The molecule has 28 heavy (non-hydrogen) atoms. The number of benzene rings is 2. The molecule has 2 aromatic carbocycles. The summed E-state index contributed by atoms with van der Waals surface area (Å²) in [5, 5.41) is 5.44. The average Bonchev–Trinajstić information content (AvgIpc) is 2.72. The third-order valence-electron chi connectivity index (χ3n) is 3.76. The van der Waals surface area contributed by atoms with Gasteiger partial charge in [0.25, 0.3) is 0 Å². The zero-order valence-corrected chi connectivity index (χ0v) is 17.1. The van der Waals surface area contributed by atoms with Crippen LogP contribution in [0.5, 0.6) is 11.5 Å². The van der Waals surface area contributed by atoms with Crippen molar-refractivity contribution in [3.63, 3.8) is 0 Å². The van der Waals surface area contributed by atoms with Crippen LogP contribution in [0, 0.1) is 0 Å². The Labute approximate surface area is 177 Å². The van der Waals surface area contributed by atoms with E-state index in [0.717, 1.165) is 5.56 Å². The van der Waals surface area contributed by atoms with Gasteiger partial charge in [-0.3, -0.25) is 5.43 Å². The predicted octanol–water partition coefficient (Wildman–Crippen LogP) is 6.08. The molecule has 0 unspecified atom stereocenters. The van der Waals surface area contributed by atoms with E-state index in [2.05, 4.69) is 15.5 Å². The van der Waals surface area contributed by atoms with Crippen LogP contribution in [0.15, 0.2) is 59.8 Å². The van der Waals surface area contributed by atoms with Gasteiger partial charge in [0.15, 0.2) is 11.5 Å². The molecule has 0 aliphatic carbocycles. The zero-order chi connectivity index (χ0) is 19.9. The molecule has 0 atom stereocenters. The highest BCUT2D eigenvalue weighted by molar-refractivity contribution is 6.44. The Morgan fingerprint density at radius 2 is 1.86 bits per heavy atom. The van der Waals surface area contributed by atoms with Crippen molar-refractivity contribution in [2.24, 2.45) is 5.10 Å². The summed E-state index contributed by atoms with van der Waals surface area (Å²) in [6.07, 6.45) is 3.34. The van der Waals surface area contributed by atoms with Crippen LogP contribution in [0.2, 0.25) is 15.1 Å². The summed E-state index contributed by atoms with van der Waals surface area (Å²) >= 11 is 18.4. The minimum absolute atomic E-state index is 0.156. The fourth-order valence-corrected chi connectivity index (χ4v) is 2.99. The van der Waals surface area contributed by atoms with E-state index in [-0.39, 0.29) is 6.61 Å². The number of pyridine rings is 1. The average molecular weight is 437 g/mol. The van der Waals surface area contributed by atoms with Gasteiger partial charge < -0.3 is 9.47 Å². The number of nitrogens with one attached hydrogen (secondary N) is 1. The van der Waals surface area contributed by atoms with Crippen LogP contribution in [0.25, 0.3) is 0 Å². The molecule has 8 heteroatoms. The second-order valence-electron chi connectivity index (χ2n) is 5.61. The van der Waals surface area contributed by atoms with E-state index < -0.39 is 0 Å². The van der Waals surface area contributed by atoms with Gasteiger partial charge in [0.1, 0.15) is 12.4 Å². The molecule has 0 fully saturated rings. The Morgan fingerprint density at radius 1 is 1.04 bits per heavy atom. The first-order chi connectivity index (χ1) is 13.6. The Morgan fingerprint density at radius 3 is 2.61 bits per heavy atom. The lowest BCUT2D eigenvalue weighted by Crippen LogP contribution is -2.00. The van der Waals surface area contributed by atoms with Crippen LogP contribution in [0.3, 0.4) is 0 Å². The number of rotatable bonds is 7. The first kappa shape index (κ1) is 20.3. The maximum Gasteiger partial charge on any atom is 0.161 e. The van der Waals surface area contributed by atoms with E-state index in [1.807, 2.05) is 24.3 Å². The number of ether oxygens (including phenoxy) is 2. The van der Waals surface area contributed by atoms with Gasteiger partial charge in [-0.05, 0) is 48.0 Å². The Bertz CT molecular complexity index is 982. The lowest BCUT2D eigenvalue weighted by Gasteiger charge is -2.13. The van der Waals surface area contributed by atoms with Crippen molar-refractivity contribution in [2.75, 3.05) is 12.5 Å². The van der Waals surface area contributed by atoms with Crippen molar-refractivity contribution in [1.29, 1.82) is 0 Å². The van der Waals surface area contributed by atoms with E-state index in [1.165, 1.54) is 0 Å². The summed E-state index contributed by atoms with van der Waals surface area (Å²) in [5.74, 6) is 1.75. The van der Waals surface area contributed by atoms with Crippen molar-refractivity contribution < 1.29 is 9.47 Å². The summed E-state index contributed by atoms with van der Waals surface area (Å²) in [7, 11) is 1.56. The molecule has 0 spiro atoms. The van der Waals surface area contributed by atoms with Crippen molar-refractivity contribution in [2.45, 2.75) is 6.61 Å². The van der Waals surface area contributed by atoms with Crippen molar-refractivity contribution in [3.05, 3.63) is 80.9 Å². The van der Waals surface area contributed by atoms with E-state index >= 15 is 0 Å². The second-order valence-corrected chi connectivity index (χ2v) is 6.80. The SMILES string of the molecule is COc1cc(/C=N/Nc2ccccn2)ccc1OCc1c(Cl)ccc(Cl)c1Cl. The first-order valence-electron chi connectivity index (χ1n) is 8.22. The third kappa shape index (κ3) is 5.07. The van der Waals surface area contributed by atoms with Gasteiger partial charge in [0, 0.05) is 16.8 Å². The van der Waals surface area contributed by atoms with Crippen LogP contribution < -0.4 is 14.9 Å². The normalized spacial score (nSPS) is 10.9. The standard InChI is InChI=1S/C20H16Cl3N3O2/c1-27-18-10-13(11-25-26-19-4-2-3-9-24-19)5-8-17(18)28-12-14-15(21)6-7-16(22)20(14)23/h2-11H,12H2,1H3,(H,24,26)/b25-11+. The summed E-state index contributed by atoms with van der Waals surface area (Å²) in [5.41, 5.74) is 4.29. The van der Waals surface area contributed by atoms with Gasteiger partial charge in [0.05, 0.1) is 23.4 Å². The van der Waals surface area contributed by atoms with Crippen LogP contribution in [-0.4, -0.2) is 18.3 Å². The monoisotopic (exact) mass is 435 g/mol. The highest BCUT2D eigenvalue weighted by Gasteiger charge is 2.12. The number of halogens is 3. The molecule has 0 amide bonds. The van der Waals surface area contributed by atoms with Gasteiger partial charge in [-0.25, -0.2) is 4.98 Å². The smallest absolute Gasteiger partial charge is 0.161 e. The molecule has 1 heterocycles. The summed E-state index contributed by atoms with van der Waals surface area (Å²) in [6, 6.07) is 14.3. The summed E-state index contributed by atoms with van der Waals surface area (Å²) in [6.45, 7) is 0.156. The lowest BCUT2D eigenvalue weighted by molar-refractivity contribution is 0.284. The number of nitrogens with zero attached hydrogens (tertiary/aromatic N) is 2. The van der Waals surface area contributed by atoms with E-state index in [0.29, 0.717) is 37.9 Å². The van der Waals surface area contributed by atoms with E-state index in [1.54, 1.807) is 43.8 Å². The molecular weight excluding hydrogens is 421 g/mol. The number of hydrogen-bond donors (Lipinski definition) is 1. The summed E-state index contributed by atoms with van der Waals surface area (Å²) < 4.78 is 11.2. The summed E-state index contributed by atoms with van der Waals surface area (Å²) in [4.78, 5) is 4.13. The van der Waals surface area contributed by atoms with Crippen LogP contribution in [0.4, 0.5) is 5.82 Å². The maximum atomic E-state index is 6.21. The van der Waals surface area contributed by atoms with Gasteiger partial charge in [-0.15, -0.1) is 0 Å². The highest BCUT2D eigenvalue weighted by Crippen LogP contribution is 2.34. The maximum absolute atomic E-state index is 6.21. The Balaban J connectivity index is 1.70. The second kappa shape index (κ2) is 9.64. The quantitative estimate of drug-likeness (QED) is 0.277. The number of hydrazone groups is 1. The van der Waals surface area contributed by atoms with Crippen molar-refractivity contribution in [1.82, 2.24) is 4.98 Å². The number of methoxy groups -OCH3 is 1. The molecule has 3 rings (SSSR count). The molecule has 0 radical (unpaired) electrons. The highest BCUT2D eigenvalue weighted by atomic mass is 35.5. The van der Waals surface area contributed by atoms with Crippen molar-refractivity contribution in [3.8, 4) is 11.5 Å². The number of anilines is 1. The van der Waals surface area contributed by atoms with E-state index in [9.17, 15) is 0 Å². The van der Waals surface area contributed by atoms with Gasteiger partial charge in [-0.2, -0.15) is 5.10 Å². The number of aromatic nitrogens is 1. The molecule has 0 saturated carbocycles. The van der Waals surface area contributed by atoms with Crippen LogP contribution in [-0.2, 0) is 6.61 Å². The molecule has 1 aromatic heterocycles. The fraction of sp³-hybridized carbons (Fsp3) is 0.100. The van der Waals surface area contributed by atoms with Gasteiger partial charge in [-0.1, -0.05) is 40.9 Å².